The van der Waals surface area contributed by atoms with Crippen LogP contribution in [-0.2, 0) is 10.0 Å². The molecule has 2 fully saturated rings. The molecule has 0 unspecified atom stereocenters. The molecular formula is C16H22N2O3S2. The molecule has 1 aromatic carbocycles. The third-order valence-electron chi connectivity index (χ3n) is 4.50. The molecule has 126 valence electrons. The second-order valence-electron chi connectivity index (χ2n) is 5.97. The summed E-state index contributed by atoms with van der Waals surface area (Å²) in [5.41, 5.74) is 0.514. The van der Waals surface area contributed by atoms with Crippen LogP contribution in [0, 0.1) is 0 Å². The summed E-state index contributed by atoms with van der Waals surface area (Å²) in [6.07, 6.45) is 5.76. The summed E-state index contributed by atoms with van der Waals surface area (Å²) in [7, 11) is -3.49. The quantitative estimate of drug-likeness (QED) is 0.779. The van der Waals surface area contributed by atoms with Gasteiger partial charge in [0.2, 0.25) is 10.0 Å². The molecule has 0 atom stereocenters. The van der Waals surface area contributed by atoms with Gasteiger partial charge in [-0.05, 0) is 50.1 Å². The van der Waals surface area contributed by atoms with Gasteiger partial charge in [0.1, 0.15) is 0 Å². The molecular weight excluding hydrogens is 332 g/mol. The molecule has 1 aromatic rings. The first-order valence-electron chi connectivity index (χ1n) is 8.01. The zero-order valence-electron chi connectivity index (χ0n) is 13.3. The van der Waals surface area contributed by atoms with E-state index < -0.39 is 10.0 Å². The van der Waals surface area contributed by atoms with Gasteiger partial charge in [-0.3, -0.25) is 4.79 Å². The summed E-state index contributed by atoms with van der Waals surface area (Å²) >= 11 is 1.48. The van der Waals surface area contributed by atoms with E-state index in [0.717, 1.165) is 43.7 Å². The largest absolute Gasteiger partial charge is 0.339 e. The van der Waals surface area contributed by atoms with Crippen molar-refractivity contribution < 1.29 is 13.2 Å². The maximum atomic E-state index is 12.7. The van der Waals surface area contributed by atoms with E-state index in [9.17, 15) is 13.2 Å². The highest BCUT2D eigenvalue weighted by Gasteiger charge is 2.29. The number of likely N-dealkylation sites (tertiary alicyclic amines) is 1. The lowest BCUT2D eigenvalue weighted by Gasteiger charge is -2.20. The van der Waals surface area contributed by atoms with Gasteiger partial charge in [-0.2, -0.15) is 4.31 Å². The molecule has 2 heterocycles. The molecule has 1 amide bonds. The average Bonchev–Trinajstić information content (AvgIpc) is 3.26. The van der Waals surface area contributed by atoms with E-state index in [-0.39, 0.29) is 10.8 Å². The third kappa shape index (κ3) is 3.27. The molecule has 0 bridgehead atoms. The standard InChI is InChI=1S/C16H22N2O3S2/c1-22-15-7-6-13(23(20,21)18-10-4-5-11-18)12-14(15)16(19)17-8-2-3-9-17/h6-7,12H,2-5,8-11H2,1H3. The summed E-state index contributed by atoms with van der Waals surface area (Å²) in [5.74, 6) is -0.0506. The fourth-order valence-corrected chi connectivity index (χ4v) is 5.30. The molecule has 0 aliphatic carbocycles. The van der Waals surface area contributed by atoms with Crippen molar-refractivity contribution in [1.29, 1.82) is 0 Å². The monoisotopic (exact) mass is 354 g/mol. The molecule has 2 aliphatic heterocycles. The number of hydrogen-bond acceptors (Lipinski definition) is 4. The van der Waals surface area contributed by atoms with Gasteiger partial charge >= 0.3 is 0 Å². The van der Waals surface area contributed by atoms with Crippen LogP contribution in [0.15, 0.2) is 28.0 Å². The van der Waals surface area contributed by atoms with E-state index in [1.54, 1.807) is 18.2 Å². The Kier molecular flexibility index (Phi) is 4.98. The van der Waals surface area contributed by atoms with Crippen molar-refractivity contribution in [3.8, 4) is 0 Å². The minimum absolute atomic E-state index is 0.0506. The number of carbonyl (C=O) groups is 1. The molecule has 0 saturated carbocycles. The molecule has 3 rings (SSSR count). The second-order valence-corrected chi connectivity index (χ2v) is 8.76. The van der Waals surface area contributed by atoms with Gasteiger partial charge in [-0.25, -0.2) is 8.42 Å². The zero-order valence-corrected chi connectivity index (χ0v) is 15.0. The highest BCUT2D eigenvalue weighted by atomic mass is 32.2. The SMILES string of the molecule is CSc1ccc(S(=O)(=O)N2CCCC2)cc1C(=O)N1CCCC1. The van der Waals surface area contributed by atoms with Crippen LogP contribution in [0.4, 0.5) is 0 Å². The first-order chi connectivity index (χ1) is 11.0. The number of benzene rings is 1. The van der Waals surface area contributed by atoms with Crippen LogP contribution in [0.1, 0.15) is 36.0 Å². The molecule has 0 radical (unpaired) electrons. The number of amides is 1. The number of nitrogens with zero attached hydrogens (tertiary/aromatic N) is 2. The lowest BCUT2D eigenvalue weighted by atomic mass is 10.2. The molecule has 0 aromatic heterocycles. The third-order valence-corrected chi connectivity index (χ3v) is 7.19. The highest BCUT2D eigenvalue weighted by Crippen LogP contribution is 2.28. The molecule has 7 heteroatoms. The van der Waals surface area contributed by atoms with Crippen molar-refractivity contribution >= 4 is 27.7 Å². The van der Waals surface area contributed by atoms with Crippen LogP contribution in [0.25, 0.3) is 0 Å². The van der Waals surface area contributed by atoms with E-state index in [4.69, 9.17) is 0 Å². The Morgan fingerprint density at radius 1 is 1.04 bits per heavy atom. The van der Waals surface area contributed by atoms with E-state index in [0.29, 0.717) is 18.7 Å². The Morgan fingerprint density at radius 2 is 1.65 bits per heavy atom. The molecule has 5 nitrogen and oxygen atoms in total. The Hall–Kier alpha value is -1.05. The van der Waals surface area contributed by atoms with Crippen LogP contribution in [0.5, 0.6) is 0 Å². The van der Waals surface area contributed by atoms with Crippen molar-refractivity contribution in [1.82, 2.24) is 9.21 Å². The first kappa shape index (κ1) is 16.8. The van der Waals surface area contributed by atoms with Crippen molar-refractivity contribution in [2.45, 2.75) is 35.5 Å². The number of sulfonamides is 1. The van der Waals surface area contributed by atoms with E-state index in [2.05, 4.69) is 0 Å². The van der Waals surface area contributed by atoms with Gasteiger partial charge in [-0.1, -0.05) is 0 Å². The normalized spacial score (nSPS) is 19.4. The highest BCUT2D eigenvalue weighted by molar-refractivity contribution is 7.98. The lowest BCUT2D eigenvalue weighted by Crippen LogP contribution is -2.30. The molecule has 23 heavy (non-hydrogen) atoms. The molecule has 2 saturated heterocycles. The van der Waals surface area contributed by atoms with Crippen molar-refractivity contribution in [3.63, 3.8) is 0 Å². The van der Waals surface area contributed by atoms with Gasteiger partial charge in [-0.15, -0.1) is 11.8 Å². The second kappa shape index (κ2) is 6.83. The Morgan fingerprint density at radius 3 is 2.26 bits per heavy atom. The smallest absolute Gasteiger partial charge is 0.255 e. The van der Waals surface area contributed by atoms with Crippen molar-refractivity contribution in [2.75, 3.05) is 32.4 Å². The summed E-state index contributed by atoms with van der Waals surface area (Å²) in [4.78, 5) is 15.6. The Balaban J connectivity index is 1.97. The fraction of sp³-hybridized carbons (Fsp3) is 0.562. The minimum atomic E-state index is -3.49. The Bertz CT molecular complexity index is 691. The maximum absolute atomic E-state index is 12.7. The van der Waals surface area contributed by atoms with Crippen LogP contribution in [0.3, 0.4) is 0 Å². The zero-order chi connectivity index (χ0) is 16.4. The number of thioether (sulfide) groups is 1. The van der Waals surface area contributed by atoms with E-state index >= 15 is 0 Å². The Labute approximate surface area is 142 Å². The molecule has 0 spiro atoms. The van der Waals surface area contributed by atoms with Crippen LogP contribution in [0.2, 0.25) is 0 Å². The van der Waals surface area contributed by atoms with Crippen LogP contribution in [-0.4, -0.2) is 56.0 Å². The van der Waals surface area contributed by atoms with Crippen LogP contribution < -0.4 is 0 Å². The summed E-state index contributed by atoms with van der Waals surface area (Å²) in [6.45, 7) is 2.66. The number of hydrogen-bond donors (Lipinski definition) is 0. The number of rotatable bonds is 4. The van der Waals surface area contributed by atoms with Crippen molar-refractivity contribution in [2.24, 2.45) is 0 Å². The van der Waals surface area contributed by atoms with Crippen molar-refractivity contribution in [3.05, 3.63) is 23.8 Å². The summed E-state index contributed by atoms with van der Waals surface area (Å²) in [6, 6.07) is 4.96. The molecule has 2 aliphatic rings. The number of carbonyl (C=O) groups excluding carboxylic acids is 1. The average molecular weight is 354 g/mol. The van der Waals surface area contributed by atoms with E-state index in [1.807, 2.05) is 11.2 Å². The topological polar surface area (TPSA) is 57.7 Å². The predicted octanol–water partition coefficient (Wildman–Crippen LogP) is 2.43. The predicted molar refractivity (Wildman–Crippen MR) is 91.4 cm³/mol. The van der Waals surface area contributed by atoms with Gasteiger partial charge in [0.25, 0.3) is 5.91 Å². The van der Waals surface area contributed by atoms with Gasteiger partial charge < -0.3 is 4.90 Å². The maximum Gasteiger partial charge on any atom is 0.255 e. The minimum Gasteiger partial charge on any atom is -0.339 e. The fourth-order valence-electron chi connectivity index (χ4n) is 3.18. The first-order valence-corrected chi connectivity index (χ1v) is 10.7. The molecule has 0 N–H and O–H groups in total. The summed E-state index contributed by atoms with van der Waals surface area (Å²) in [5, 5.41) is 0. The van der Waals surface area contributed by atoms with Gasteiger partial charge in [0, 0.05) is 31.1 Å². The van der Waals surface area contributed by atoms with Gasteiger partial charge in [0.05, 0.1) is 10.5 Å². The van der Waals surface area contributed by atoms with Gasteiger partial charge in [0.15, 0.2) is 0 Å². The van der Waals surface area contributed by atoms with E-state index in [1.165, 1.54) is 16.1 Å². The van der Waals surface area contributed by atoms with Crippen LogP contribution >= 0.6 is 11.8 Å². The lowest BCUT2D eigenvalue weighted by molar-refractivity contribution is 0.0789. The summed E-state index contributed by atoms with van der Waals surface area (Å²) < 4.78 is 27.0.